The van der Waals surface area contributed by atoms with E-state index in [4.69, 9.17) is 0 Å². The highest BCUT2D eigenvalue weighted by molar-refractivity contribution is 5.46. The fourth-order valence-electron chi connectivity index (χ4n) is 1.08. The second-order valence-electron chi connectivity index (χ2n) is 2.31. The van der Waals surface area contributed by atoms with E-state index in [9.17, 15) is 4.79 Å². The summed E-state index contributed by atoms with van der Waals surface area (Å²) < 4.78 is 0. The third kappa shape index (κ3) is 4.79. The Morgan fingerprint density at radius 3 is 2.36 bits per heavy atom. The van der Waals surface area contributed by atoms with Gasteiger partial charge in [0, 0.05) is 6.04 Å². The summed E-state index contributed by atoms with van der Waals surface area (Å²) in [6.07, 6.45) is 2.92. The highest BCUT2D eigenvalue weighted by atomic mass is 16.1. The van der Waals surface area contributed by atoms with E-state index in [-0.39, 0.29) is 0 Å². The van der Waals surface area contributed by atoms with Gasteiger partial charge in [-0.1, -0.05) is 13.8 Å². The highest BCUT2D eigenvalue weighted by Crippen LogP contribution is 1.99. The Bertz CT molecular complexity index is 90.1. The van der Waals surface area contributed by atoms with E-state index in [0.29, 0.717) is 6.04 Å². The van der Waals surface area contributed by atoms with Crippen molar-refractivity contribution in [3.63, 3.8) is 0 Å². The van der Waals surface area contributed by atoms with Crippen LogP contribution in [-0.4, -0.2) is 25.5 Å². The number of hydrogen-bond donors (Lipinski definition) is 2. The lowest BCUT2D eigenvalue weighted by molar-refractivity contribution is -0.110. The van der Waals surface area contributed by atoms with Gasteiger partial charge in [0.15, 0.2) is 0 Å². The van der Waals surface area contributed by atoms with Gasteiger partial charge in [-0.2, -0.15) is 0 Å². The lowest BCUT2D eigenvalue weighted by atomic mass is 10.1. The number of carbonyl (C=O) groups excluding carboxylic acids is 1. The van der Waals surface area contributed by atoms with Crippen LogP contribution in [0.2, 0.25) is 0 Å². The zero-order chi connectivity index (χ0) is 8.53. The van der Waals surface area contributed by atoms with Crippen molar-refractivity contribution in [1.29, 1.82) is 0 Å². The zero-order valence-electron chi connectivity index (χ0n) is 7.39. The molecule has 0 unspecified atom stereocenters. The van der Waals surface area contributed by atoms with Gasteiger partial charge in [0.05, 0.1) is 0 Å². The van der Waals surface area contributed by atoms with Crippen molar-refractivity contribution in [2.75, 3.05) is 13.1 Å². The second-order valence-corrected chi connectivity index (χ2v) is 2.31. The predicted octanol–water partition coefficient (Wildman–Crippen LogP) is 0.511. The molecule has 0 saturated carbocycles. The Labute approximate surface area is 68.6 Å². The number of rotatable bonds is 2. The summed E-state index contributed by atoms with van der Waals surface area (Å²) in [6.45, 7) is 6.07. The molecule has 11 heavy (non-hydrogen) atoms. The van der Waals surface area contributed by atoms with Crippen LogP contribution < -0.4 is 10.6 Å². The van der Waals surface area contributed by atoms with Crippen LogP contribution in [0.4, 0.5) is 0 Å². The van der Waals surface area contributed by atoms with Crippen molar-refractivity contribution in [3.8, 4) is 0 Å². The minimum atomic E-state index is 0.420. The summed E-state index contributed by atoms with van der Waals surface area (Å²) in [5.41, 5.74) is 0. The lowest BCUT2D eigenvalue weighted by Crippen LogP contribution is -2.39. The molecule has 2 N–H and O–H groups in total. The third-order valence-electron chi connectivity index (χ3n) is 1.64. The quantitative estimate of drug-likeness (QED) is 0.575. The van der Waals surface area contributed by atoms with E-state index in [1.54, 1.807) is 0 Å². The molecule has 1 rings (SSSR count). The summed E-state index contributed by atoms with van der Waals surface area (Å²) in [4.78, 5) is 9.94. The zero-order valence-corrected chi connectivity index (χ0v) is 7.39. The average molecular weight is 158 g/mol. The van der Waals surface area contributed by atoms with Crippen LogP contribution in [0.5, 0.6) is 0 Å². The maximum atomic E-state index is 9.94. The average Bonchev–Trinajstić information content (AvgIpc) is 2.11. The number of hydrogen-bond acceptors (Lipinski definition) is 2. The van der Waals surface area contributed by atoms with Crippen molar-refractivity contribution in [2.45, 2.75) is 32.7 Å². The van der Waals surface area contributed by atoms with Gasteiger partial charge in [0.1, 0.15) is 0 Å². The highest BCUT2D eigenvalue weighted by Gasteiger charge is 2.09. The number of piperidine rings is 1. The van der Waals surface area contributed by atoms with Crippen LogP contribution in [0.3, 0.4) is 0 Å². The molecule has 0 aromatic rings. The summed E-state index contributed by atoms with van der Waals surface area (Å²) in [5, 5.41) is 5.98. The van der Waals surface area contributed by atoms with Crippen molar-refractivity contribution in [2.24, 2.45) is 0 Å². The second kappa shape index (κ2) is 7.54. The number of amides is 1. The molecular formula is C8H18N2O. The Balaban J connectivity index is 0.000000461. The first-order valence-corrected chi connectivity index (χ1v) is 4.34. The van der Waals surface area contributed by atoms with Gasteiger partial charge in [-0.05, 0) is 25.9 Å². The normalized spacial score (nSPS) is 18.0. The molecule has 1 aliphatic heterocycles. The van der Waals surface area contributed by atoms with Gasteiger partial charge in [-0.25, -0.2) is 0 Å². The number of nitrogens with one attached hydrogen (secondary N) is 2. The molecule has 0 spiro atoms. The standard InChI is InChI=1S/C6H12N2O.C2H6/c9-5-8-6-1-3-7-4-2-6;1-2/h5-7H,1-4H2,(H,8,9);1-2H3. The maximum absolute atomic E-state index is 9.94. The Morgan fingerprint density at radius 1 is 1.36 bits per heavy atom. The van der Waals surface area contributed by atoms with Gasteiger partial charge < -0.3 is 10.6 Å². The van der Waals surface area contributed by atoms with E-state index in [2.05, 4.69) is 10.6 Å². The minimum absolute atomic E-state index is 0.420. The molecule has 1 heterocycles. The van der Waals surface area contributed by atoms with E-state index >= 15 is 0 Å². The molecule has 0 aliphatic carbocycles. The molecule has 3 nitrogen and oxygen atoms in total. The Kier molecular flexibility index (Phi) is 7.15. The summed E-state index contributed by atoms with van der Waals surface area (Å²) in [7, 11) is 0. The first-order valence-electron chi connectivity index (χ1n) is 4.34. The summed E-state index contributed by atoms with van der Waals surface area (Å²) in [5.74, 6) is 0. The van der Waals surface area contributed by atoms with Gasteiger partial charge >= 0.3 is 0 Å². The SMILES string of the molecule is CC.O=CNC1CCNCC1. The molecule has 0 atom stereocenters. The van der Waals surface area contributed by atoms with Crippen LogP contribution >= 0.6 is 0 Å². The largest absolute Gasteiger partial charge is 0.356 e. The van der Waals surface area contributed by atoms with Crippen LogP contribution in [0.1, 0.15) is 26.7 Å². The molecule has 0 aromatic carbocycles. The molecule has 0 aromatic heterocycles. The first kappa shape index (κ1) is 10.4. The Morgan fingerprint density at radius 2 is 1.91 bits per heavy atom. The van der Waals surface area contributed by atoms with Gasteiger partial charge in [-0.3, -0.25) is 4.79 Å². The molecule has 66 valence electrons. The van der Waals surface area contributed by atoms with Gasteiger partial charge in [-0.15, -0.1) is 0 Å². The van der Waals surface area contributed by atoms with Gasteiger partial charge in [0.2, 0.25) is 6.41 Å². The minimum Gasteiger partial charge on any atom is -0.356 e. The monoisotopic (exact) mass is 158 g/mol. The molecule has 0 radical (unpaired) electrons. The van der Waals surface area contributed by atoms with Crippen LogP contribution in [0.25, 0.3) is 0 Å². The molecule has 1 amide bonds. The predicted molar refractivity (Wildman–Crippen MR) is 46.4 cm³/mol. The fraction of sp³-hybridized carbons (Fsp3) is 0.875. The van der Waals surface area contributed by atoms with E-state index in [1.165, 1.54) is 0 Å². The van der Waals surface area contributed by atoms with Crippen molar-refractivity contribution in [1.82, 2.24) is 10.6 Å². The topological polar surface area (TPSA) is 41.1 Å². The van der Waals surface area contributed by atoms with Crippen molar-refractivity contribution in [3.05, 3.63) is 0 Å². The van der Waals surface area contributed by atoms with Crippen LogP contribution in [-0.2, 0) is 4.79 Å². The van der Waals surface area contributed by atoms with E-state index in [0.717, 1.165) is 32.3 Å². The fourth-order valence-corrected chi connectivity index (χ4v) is 1.08. The lowest BCUT2D eigenvalue weighted by Gasteiger charge is -2.21. The molecule has 3 heteroatoms. The van der Waals surface area contributed by atoms with E-state index < -0.39 is 0 Å². The molecule has 1 saturated heterocycles. The Hall–Kier alpha value is -0.570. The van der Waals surface area contributed by atoms with Crippen LogP contribution in [0.15, 0.2) is 0 Å². The molecule has 1 fully saturated rings. The maximum Gasteiger partial charge on any atom is 0.207 e. The van der Waals surface area contributed by atoms with Crippen LogP contribution in [0, 0.1) is 0 Å². The molecule has 1 aliphatic rings. The molecule has 0 bridgehead atoms. The van der Waals surface area contributed by atoms with E-state index in [1.807, 2.05) is 13.8 Å². The van der Waals surface area contributed by atoms with Crippen molar-refractivity contribution < 1.29 is 4.79 Å². The summed E-state index contributed by atoms with van der Waals surface area (Å²) in [6, 6.07) is 0.420. The third-order valence-corrected chi connectivity index (χ3v) is 1.64. The van der Waals surface area contributed by atoms with Gasteiger partial charge in [0.25, 0.3) is 0 Å². The molecular weight excluding hydrogens is 140 g/mol. The first-order chi connectivity index (χ1) is 5.43. The van der Waals surface area contributed by atoms with Crippen molar-refractivity contribution >= 4 is 6.41 Å². The smallest absolute Gasteiger partial charge is 0.207 e. The number of carbonyl (C=O) groups is 1. The summed E-state index contributed by atoms with van der Waals surface area (Å²) >= 11 is 0.